The Hall–Kier alpha value is -1.53. The smallest absolute Gasteiger partial charge is 0.120 e. The van der Waals surface area contributed by atoms with Gasteiger partial charge in [-0.05, 0) is 18.2 Å². The van der Waals surface area contributed by atoms with E-state index >= 15 is 0 Å². The van der Waals surface area contributed by atoms with E-state index in [-0.39, 0.29) is 0 Å². The molecular weight excluding hydrogens is 178 g/mol. The predicted molar refractivity (Wildman–Crippen MR) is 53.1 cm³/mol. The molecule has 1 aromatic carbocycles. The van der Waals surface area contributed by atoms with Crippen LogP contribution in [-0.2, 0) is 4.74 Å². The lowest BCUT2D eigenvalue weighted by atomic mass is 10.2. The van der Waals surface area contributed by atoms with Gasteiger partial charge in [-0.3, -0.25) is 0 Å². The van der Waals surface area contributed by atoms with E-state index in [1.54, 1.807) is 19.2 Å². The van der Waals surface area contributed by atoms with Crippen molar-refractivity contribution in [3.63, 3.8) is 0 Å². The first-order chi connectivity index (χ1) is 6.86. The number of nitrogens with zero attached hydrogens (tertiary/aromatic N) is 1. The highest BCUT2D eigenvalue weighted by molar-refractivity contribution is 5.36. The third-order valence-corrected chi connectivity index (χ3v) is 1.72. The van der Waals surface area contributed by atoms with Crippen LogP contribution in [0.15, 0.2) is 24.3 Å². The third-order valence-electron chi connectivity index (χ3n) is 1.72. The van der Waals surface area contributed by atoms with Crippen LogP contribution in [0.3, 0.4) is 0 Å². The van der Waals surface area contributed by atoms with Crippen LogP contribution in [0.5, 0.6) is 5.75 Å². The Morgan fingerprint density at radius 1 is 1.36 bits per heavy atom. The minimum absolute atomic E-state index is 0.614. The fourth-order valence-electron chi connectivity index (χ4n) is 1.05. The molecule has 0 fully saturated rings. The first-order valence-electron chi connectivity index (χ1n) is 4.48. The van der Waals surface area contributed by atoms with Gasteiger partial charge in [0, 0.05) is 20.1 Å². The molecular formula is C11H13NO2. The highest BCUT2D eigenvalue weighted by atomic mass is 16.5. The van der Waals surface area contributed by atoms with Crippen molar-refractivity contribution in [3.8, 4) is 11.8 Å². The van der Waals surface area contributed by atoms with Crippen molar-refractivity contribution < 1.29 is 9.47 Å². The molecule has 1 rings (SSSR count). The number of ether oxygens (including phenoxy) is 2. The molecule has 0 atom stereocenters. The Balaban J connectivity index is 2.39. The summed E-state index contributed by atoms with van der Waals surface area (Å²) in [6.07, 6.45) is 0.854. The zero-order valence-corrected chi connectivity index (χ0v) is 8.19. The van der Waals surface area contributed by atoms with Crippen LogP contribution in [0.2, 0.25) is 0 Å². The lowest BCUT2D eigenvalue weighted by Gasteiger charge is -2.05. The van der Waals surface area contributed by atoms with Crippen molar-refractivity contribution in [1.29, 1.82) is 5.26 Å². The monoisotopic (exact) mass is 191 g/mol. The summed E-state index contributed by atoms with van der Waals surface area (Å²) >= 11 is 0. The number of methoxy groups -OCH3 is 1. The van der Waals surface area contributed by atoms with Crippen LogP contribution in [-0.4, -0.2) is 20.3 Å². The molecule has 0 saturated carbocycles. The molecule has 1 aromatic rings. The standard InChI is InChI=1S/C11H13NO2/c1-13-6-3-7-14-11-5-2-4-10(8-11)9-12/h2,4-5,8H,3,6-7H2,1H3. The van der Waals surface area contributed by atoms with Crippen LogP contribution in [0.4, 0.5) is 0 Å². The van der Waals surface area contributed by atoms with E-state index in [1.807, 2.05) is 12.1 Å². The van der Waals surface area contributed by atoms with E-state index < -0.39 is 0 Å². The molecule has 0 spiro atoms. The van der Waals surface area contributed by atoms with Crippen LogP contribution in [0, 0.1) is 11.3 Å². The van der Waals surface area contributed by atoms with E-state index in [2.05, 4.69) is 6.07 Å². The zero-order valence-electron chi connectivity index (χ0n) is 8.19. The van der Waals surface area contributed by atoms with Crippen molar-refractivity contribution in [2.24, 2.45) is 0 Å². The van der Waals surface area contributed by atoms with Gasteiger partial charge in [-0.2, -0.15) is 5.26 Å². The van der Waals surface area contributed by atoms with Crippen LogP contribution < -0.4 is 4.74 Å². The van der Waals surface area contributed by atoms with Gasteiger partial charge in [-0.15, -0.1) is 0 Å². The van der Waals surface area contributed by atoms with Gasteiger partial charge in [-0.25, -0.2) is 0 Å². The second-order valence-electron chi connectivity index (χ2n) is 2.83. The van der Waals surface area contributed by atoms with E-state index in [4.69, 9.17) is 14.7 Å². The number of hydrogen-bond donors (Lipinski definition) is 0. The first-order valence-corrected chi connectivity index (χ1v) is 4.48. The lowest BCUT2D eigenvalue weighted by Crippen LogP contribution is -2.01. The summed E-state index contributed by atoms with van der Waals surface area (Å²) in [7, 11) is 1.66. The fourth-order valence-corrected chi connectivity index (χ4v) is 1.05. The molecule has 74 valence electrons. The molecule has 0 heterocycles. The minimum Gasteiger partial charge on any atom is -0.493 e. The van der Waals surface area contributed by atoms with Crippen molar-refractivity contribution in [2.75, 3.05) is 20.3 Å². The lowest BCUT2D eigenvalue weighted by molar-refractivity contribution is 0.172. The van der Waals surface area contributed by atoms with Gasteiger partial charge in [0.25, 0.3) is 0 Å². The van der Waals surface area contributed by atoms with Crippen LogP contribution in [0.1, 0.15) is 12.0 Å². The Morgan fingerprint density at radius 2 is 2.21 bits per heavy atom. The highest BCUT2D eigenvalue weighted by Crippen LogP contribution is 2.12. The minimum atomic E-state index is 0.614. The molecule has 14 heavy (non-hydrogen) atoms. The number of nitriles is 1. The summed E-state index contributed by atoms with van der Waals surface area (Å²) in [4.78, 5) is 0. The van der Waals surface area contributed by atoms with E-state index in [1.165, 1.54) is 0 Å². The fraction of sp³-hybridized carbons (Fsp3) is 0.364. The third kappa shape index (κ3) is 3.46. The van der Waals surface area contributed by atoms with Crippen molar-refractivity contribution in [3.05, 3.63) is 29.8 Å². The Labute approximate surface area is 83.9 Å². The number of benzene rings is 1. The molecule has 0 unspecified atom stereocenters. The first kappa shape index (κ1) is 10.6. The van der Waals surface area contributed by atoms with Crippen LogP contribution in [0.25, 0.3) is 0 Å². The number of hydrogen-bond acceptors (Lipinski definition) is 3. The average Bonchev–Trinajstić information content (AvgIpc) is 2.25. The topological polar surface area (TPSA) is 42.2 Å². The summed E-state index contributed by atoms with van der Waals surface area (Å²) in [5.74, 6) is 0.736. The quantitative estimate of drug-likeness (QED) is 0.668. The maximum atomic E-state index is 8.65. The zero-order chi connectivity index (χ0) is 10.2. The molecule has 0 radical (unpaired) electrons. The van der Waals surface area contributed by atoms with Gasteiger partial charge in [0.05, 0.1) is 18.2 Å². The molecule has 0 saturated heterocycles. The van der Waals surface area contributed by atoms with Gasteiger partial charge in [0.15, 0.2) is 0 Å². The second kappa shape index (κ2) is 6.01. The SMILES string of the molecule is COCCCOc1cccc(C#N)c1. The van der Waals surface area contributed by atoms with E-state index in [0.29, 0.717) is 18.8 Å². The summed E-state index contributed by atoms with van der Waals surface area (Å²) in [6, 6.07) is 9.20. The molecule has 0 amide bonds. The average molecular weight is 191 g/mol. The molecule has 0 N–H and O–H groups in total. The largest absolute Gasteiger partial charge is 0.493 e. The number of rotatable bonds is 5. The molecule has 0 bridgehead atoms. The Kier molecular flexibility index (Phi) is 4.53. The molecule has 3 nitrogen and oxygen atoms in total. The van der Waals surface area contributed by atoms with E-state index in [0.717, 1.165) is 12.2 Å². The van der Waals surface area contributed by atoms with E-state index in [9.17, 15) is 0 Å². The summed E-state index contributed by atoms with van der Waals surface area (Å²) in [5, 5.41) is 8.65. The normalized spacial score (nSPS) is 9.43. The van der Waals surface area contributed by atoms with Crippen molar-refractivity contribution in [1.82, 2.24) is 0 Å². The van der Waals surface area contributed by atoms with Gasteiger partial charge >= 0.3 is 0 Å². The predicted octanol–water partition coefficient (Wildman–Crippen LogP) is 1.97. The van der Waals surface area contributed by atoms with Crippen molar-refractivity contribution >= 4 is 0 Å². The molecule has 0 aliphatic rings. The van der Waals surface area contributed by atoms with Gasteiger partial charge < -0.3 is 9.47 Å². The second-order valence-corrected chi connectivity index (χ2v) is 2.83. The molecule has 0 aliphatic carbocycles. The van der Waals surface area contributed by atoms with Gasteiger partial charge in [-0.1, -0.05) is 6.07 Å². The van der Waals surface area contributed by atoms with Gasteiger partial charge in [0.2, 0.25) is 0 Å². The molecule has 0 aromatic heterocycles. The maximum absolute atomic E-state index is 8.65. The van der Waals surface area contributed by atoms with Crippen LogP contribution >= 0.6 is 0 Å². The maximum Gasteiger partial charge on any atom is 0.120 e. The van der Waals surface area contributed by atoms with Gasteiger partial charge in [0.1, 0.15) is 5.75 Å². The van der Waals surface area contributed by atoms with Crippen molar-refractivity contribution in [2.45, 2.75) is 6.42 Å². The molecule has 0 aliphatic heterocycles. The Bertz CT molecular complexity index is 317. The molecule has 3 heteroatoms. The highest BCUT2D eigenvalue weighted by Gasteiger charge is 1.95. The summed E-state index contributed by atoms with van der Waals surface area (Å²) in [6.45, 7) is 1.31. The summed E-state index contributed by atoms with van der Waals surface area (Å²) < 4.78 is 10.3. The Morgan fingerprint density at radius 3 is 2.93 bits per heavy atom. The summed E-state index contributed by atoms with van der Waals surface area (Å²) in [5.41, 5.74) is 0.620.